The minimum Gasteiger partial charge on any atom is -0.493 e. The molecule has 0 N–H and O–H groups in total. The predicted octanol–water partition coefficient (Wildman–Crippen LogP) is 6.13. The number of ether oxygens (including phenoxy) is 2. The first-order valence-electron chi connectivity index (χ1n) is 11.4. The highest BCUT2D eigenvalue weighted by molar-refractivity contribution is 6.30. The van der Waals surface area contributed by atoms with Gasteiger partial charge in [0.15, 0.2) is 17.3 Å². The molecule has 0 atom stereocenters. The van der Waals surface area contributed by atoms with Gasteiger partial charge in [-0.1, -0.05) is 41.9 Å². The van der Waals surface area contributed by atoms with E-state index in [0.29, 0.717) is 22.3 Å². The highest BCUT2D eigenvalue weighted by Gasteiger charge is 2.23. The Balaban J connectivity index is 0.00000180. The predicted molar refractivity (Wildman–Crippen MR) is 152 cm³/mol. The van der Waals surface area contributed by atoms with Gasteiger partial charge in [0, 0.05) is 54.8 Å². The topological polar surface area (TPSA) is 50.7 Å². The summed E-state index contributed by atoms with van der Waals surface area (Å²) < 4.78 is 11.1. The van der Waals surface area contributed by atoms with Gasteiger partial charge in [-0.25, -0.2) is 9.97 Å². The van der Waals surface area contributed by atoms with Gasteiger partial charge in [-0.3, -0.25) is 4.90 Å². The summed E-state index contributed by atoms with van der Waals surface area (Å²) in [5, 5.41) is 1.64. The molecule has 0 aliphatic carbocycles. The number of benzene rings is 3. The van der Waals surface area contributed by atoms with Gasteiger partial charge in [-0.2, -0.15) is 0 Å². The minimum absolute atomic E-state index is 0. The first-order chi connectivity index (χ1) is 16.6. The number of piperazine rings is 1. The van der Waals surface area contributed by atoms with Crippen LogP contribution in [0.2, 0.25) is 5.02 Å². The lowest BCUT2D eigenvalue weighted by Crippen LogP contribution is -2.46. The maximum atomic E-state index is 6.11. The third kappa shape index (κ3) is 5.95. The molecule has 2 heterocycles. The lowest BCUT2D eigenvalue weighted by atomic mass is 10.1. The summed E-state index contributed by atoms with van der Waals surface area (Å²) in [5.41, 5.74) is 3.08. The fourth-order valence-electron chi connectivity index (χ4n) is 4.37. The molecule has 1 aromatic heterocycles. The third-order valence-electron chi connectivity index (χ3n) is 6.20. The van der Waals surface area contributed by atoms with Gasteiger partial charge in [0.05, 0.1) is 19.7 Å². The summed E-state index contributed by atoms with van der Waals surface area (Å²) in [6.07, 6.45) is 0. The van der Waals surface area contributed by atoms with Crippen molar-refractivity contribution in [2.24, 2.45) is 0 Å². The van der Waals surface area contributed by atoms with Crippen LogP contribution < -0.4 is 14.4 Å². The number of hydrogen-bond acceptors (Lipinski definition) is 6. The van der Waals surface area contributed by atoms with Crippen molar-refractivity contribution in [1.29, 1.82) is 0 Å². The third-order valence-corrected chi connectivity index (χ3v) is 6.46. The fraction of sp³-hybridized carbons (Fsp3) is 0.259. The van der Waals surface area contributed by atoms with Crippen LogP contribution >= 0.6 is 36.4 Å². The number of methoxy groups -OCH3 is 2. The van der Waals surface area contributed by atoms with E-state index in [1.54, 1.807) is 14.2 Å². The highest BCUT2D eigenvalue weighted by Crippen LogP contribution is 2.37. The van der Waals surface area contributed by atoms with E-state index < -0.39 is 0 Å². The lowest BCUT2D eigenvalue weighted by molar-refractivity contribution is 0.249. The maximum Gasteiger partial charge on any atom is 0.162 e. The molecule has 9 heteroatoms. The number of halogens is 3. The molecule has 190 valence electrons. The van der Waals surface area contributed by atoms with Gasteiger partial charge in [-0.05, 0) is 35.9 Å². The molecule has 1 aliphatic heterocycles. The Morgan fingerprint density at radius 2 is 1.44 bits per heavy atom. The molecule has 5 rings (SSSR count). The van der Waals surface area contributed by atoms with Crippen LogP contribution in [0.4, 0.5) is 5.82 Å². The first-order valence-corrected chi connectivity index (χ1v) is 11.7. The van der Waals surface area contributed by atoms with Crippen molar-refractivity contribution < 1.29 is 9.47 Å². The maximum absolute atomic E-state index is 6.11. The molecule has 6 nitrogen and oxygen atoms in total. The minimum atomic E-state index is 0. The second-order valence-electron chi connectivity index (χ2n) is 8.35. The van der Waals surface area contributed by atoms with Crippen molar-refractivity contribution in [3.63, 3.8) is 0 Å². The number of nitrogens with zero attached hydrogens (tertiary/aromatic N) is 4. The normalized spacial score (nSPS) is 13.6. The van der Waals surface area contributed by atoms with Gasteiger partial charge in [0.2, 0.25) is 0 Å². The Hall–Kier alpha value is -2.77. The molecule has 1 fully saturated rings. The molecular formula is C27H29Cl3N4O2. The van der Waals surface area contributed by atoms with Crippen molar-refractivity contribution in [2.75, 3.05) is 45.3 Å². The molecule has 4 aromatic rings. The number of rotatable bonds is 6. The average molecular weight is 548 g/mol. The Bertz CT molecular complexity index is 1280. The summed E-state index contributed by atoms with van der Waals surface area (Å²) in [6, 6.07) is 22.1. The SMILES string of the molecule is COc1cc2nc(-c3ccc(Cl)cc3)nc(N3CCN(Cc4ccccc4)CC3)c2cc1OC.Cl.Cl. The van der Waals surface area contributed by atoms with E-state index in [1.165, 1.54) is 5.56 Å². The van der Waals surface area contributed by atoms with Crippen LogP contribution in [0.5, 0.6) is 11.5 Å². The van der Waals surface area contributed by atoms with Crippen molar-refractivity contribution >= 4 is 53.1 Å². The molecule has 0 radical (unpaired) electrons. The van der Waals surface area contributed by atoms with Crippen LogP contribution in [0, 0.1) is 0 Å². The molecule has 0 saturated carbocycles. The Kier molecular flexibility index (Phi) is 9.63. The number of anilines is 1. The van der Waals surface area contributed by atoms with E-state index >= 15 is 0 Å². The van der Waals surface area contributed by atoms with Crippen LogP contribution in [0.1, 0.15) is 5.56 Å². The molecule has 36 heavy (non-hydrogen) atoms. The van der Waals surface area contributed by atoms with Gasteiger partial charge in [-0.15, -0.1) is 24.8 Å². The molecule has 1 saturated heterocycles. The smallest absolute Gasteiger partial charge is 0.162 e. The van der Waals surface area contributed by atoms with Crippen molar-refractivity contribution in [1.82, 2.24) is 14.9 Å². The largest absolute Gasteiger partial charge is 0.493 e. The second kappa shape index (κ2) is 12.5. The van der Waals surface area contributed by atoms with Crippen LogP contribution in [-0.4, -0.2) is 55.3 Å². The zero-order valence-electron chi connectivity index (χ0n) is 20.2. The summed E-state index contributed by atoms with van der Waals surface area (Å²) in [7, 11) is 3.28. The molecule has 0 unspecified atom stereocenters. The van der Waals surface area contributed by atoms with Gasteiger partial charge >= 0.3 is 0 Å². The lowest BCUT2D eigenvalue weighted by Gasteiger charge is -2.36. The number of fused-ring (bicyclic) bond motifs is 1. The van der Waals surface area contributed by atoms with Gasteiger partial charge in [0.1, 0.15) is 5.82 Å². The van der Waals surface area contributed by atoms with Gasteiger partial charge in [0.25, 0.3) is 0 Å². The Morgan fingerprint density at radius 1 is 0.806 bits per heavy atom. The van der Waals surface area contributed by atoms with E-state index in [2.05, 4.69) is 40.1 Å². The van der Waals surface area contributed by atoms with Crippen LogP contribution in [0.25, 0.3) is 22.3 Å². The van der Waals surface area contributed by atoms with Crippen LogP contribution in [0.15, 0.2) is 66.7 Å². The molecular weight excluding hydrogens is 519 g/mol. The van der Waals surface area contributed by atoms with Crippen molar-refractivity contribution in [2.45, 2.75) is 6.54 Å². The number of aromatic nitrogens is 2. The van der Waals surface area contributed by atoms with E-state index in [-0.39, 0.29) is 24.8 Å². The summed E-state index contributed by atoms with van der Waals surface area (Å²) >= 11 is 6.11. The monoisotopic (exact) mass is 546 g/mol. The van der Waals surface area contributed by atoms with E-state index in [1.807, 2.05) is 36.4 Å². The zero-order chi connectivity index (χ0) is 23.5. The van der Waals surface area contributed by atoms with Crippen LogP contribution in [0.3, 0.4) is 0 Å². The van der Waals surface area contributed by atoms with E-state index in [0.717, 1.165) is 55.0 Å². The van der Waals surface area contributed by atoms with Crippen molar-refractivity contribution in [3.8, 4) is 22.9 Å². The van der Waals surface area contributed by atoms with E-state index in [4.69, 9.17) is 31.0 Å². The highest BCUT2D eigenvalue weighted by atomic mass is 35.5. The summed E-state index contributed by atoms with van der Waals surface area (Å²) in [4.78, 5) is 14.7. The second-order valence-corrected chi connectivity index (χ2v) is 8.79. The van der Waals surface area contributed by atoms with Gasteiger partial charge < -0.3 is 14.4 Å². The zero-order valence-corrected chi connectivity index (χ0v) is 22.6. The Labute approximate surface area is 229 Å². The van der Waals surface area contributed by atoms with E-state index in [9.17, 15) is 0 Å². The molecule has 0 spiro atoms. The van der Waals surface area contributed by atoms with Crippen molar-refractivity contribution in [3.05, 3.63) is 77.3 Å². The number of hydrogen-bond donors (Lipinski definition) is 0. The standard InChI is InChI=1S/C27H27ClN4O2.2ClH/c1-33-24-16-22-23(17-25(24)34-2)29-26(20-8-10-21(28)11-9-20)30-27(22)32-14-12-31(13-15-32)18-19-6-4-3-5-7-19;;/h3-11,16-17H,12-15,18H2,1-2H3;2*1H. The quantitative estimate of drug-likeness (QED) is 0.289. The Morgan fingerprint density at radius 3 is 2.08 bits per heavy atom. The first kappa shape index (κ1) is 27.8. The molecule has 3 aromatic carbocycles. The summed E-state index contributed by atoms with van der Waals surface area (Å²) in [6.45, 7) is 4.65. The molecule has 0 bridgehead atoms. The summed E-state index contributed by atoms with van der Waals surface area (Å²) in [5.74, 6) is 2.89. The molecule has 1 aliphatic rings. The fourth-order valence-corrected chi connectivity index (χ4v) is 4.49. The average Bonchev–Trinajstić information content (AvgIpc) is 2.88. The van der Waals surface area contributed by atoms with Crippen LogP contribution in [-0.2, 0) is 6.54 Å². The molecule has 0 amide bonds.